The van der Waals surface area contributed by atoms with E-state index in [0.717, 1.165) is 24.6 Å². The Hall–Kier alpha value is -4.16. The third kappa shape index (κ3) is 5.50. The lowest BCUT2D eigenvalue weighted by molar-refractivity contribution is 0.122. The average molecular weight is 429 g/mol. The molecule has 0 spiro atoms. The fourth-order valence-electron chi connectivity index (χ4n) is 3.32. The van der Waals surface area contributed by atoms with Crippen molar-refractivity contribution < 1.29 is 9.53 Å². The molecule has 1 fully saturated rings. The number of aromatic nitrogens is 2. The maximum Gasteiger partial charge on any atom is 0.323 e. The van der Waals surface area contributed by atoms with Crippen LogP contribution in [0.1, 0.15) is 11.4 Å². The summed E-state index contributed by atoms with van der Waals surface area (Å²) in [5.41, 5.74) is 2.51. The van der Waals surface area contributed by atoms with Gasteiger partial charge in [0.1, 0.15) is 17.5 Å². The van der Waals surface area contributed by atoms with Crippen LogP contribution in [0.4, 0.5) is 33.5 Å². The van der Waals surface area contributed by atoms with Gasteiger partial charge in [0.2, 0.25) is 0 Å². The van der Waals surface area contributed by atoms with Crippen molar-refractivity contribution in [1.82, 2.24) is 9.97 Å². The Labute approximate surface area is 186 Å². The molecule has 162 valence electrons. The highest BCUT2D eigenvalue weighted by Gasteiger charge is 2.14. The molecular formula is C23H23N7O2. The Balaban J connectivity index is 1.38. The lowest BCUT2D eigenvalue weighted by atomic mass is 10.2. The van der Waals surface area contributed by atoms with Crippen molar-refractivity contribution in [3.63, 3.8) is 0 Å². The van der Waals surface area contributed by atoms with Gasteiger partial charge in [-0.05, 0) is 49.4 Å². The number of hydrogen-bond acceptors (Lipinski definition) is 7. The molecule has 1 saturated heterocycles. The van der Waals surface area contributed by atoms with Gasteiger partial charge in [0.25, 0.3) is 0 Å². The van der Waals surface area contributed by atoms with Gasteiger partial charge in [-0.3, -0.25) is 0 Å². The van der Waals surface area contributed by atoms with E-state index < -0.39 is 0 Å². The lowest BCUT2D eigenvalue weighted by Crippen LogP contribution is -2.36. The first kappa shape index (κ1) is 21.1. The van der Waals surface area contributed by atoms with Crippen LogP contribution >= 0.6 is 0 Å². The quantitative estimate of drug-likeness (QED) is 0.564. The van der Waals surface area contributed by atoms with Crippen LogP contribution in [0, 0.1) is 18.3 Å². The number of urea groups is 1. The number of nitriles is 1. The van der Waals surface area contributed by atoms with E-state index in [2.05, 4.69) is 30.8 Å². The Kier molecular flexibility index (Phi) is 6.43. The maximum atomic E-state index is 12.2. The van der Waals surface area contributed by atoms with Crippen molar-refractivity contribution in [2.24, 2.45) is 0 Å². The average Bonchev–Trinajstić information content (AvgIpc) is 2.80. The molecule has 0 unspecified atom stereocenters. The van der Waals surface area contributed by atoms with E-state index in [1.54, 1.807) is 36.4 Å². The summed E-state index contributed by atoms with van der Waals surface area (Å²) >= 11 is 0. The third-order valence-electron chi connectivity index (χ3n) is 4.82. The molecule has 0 aliphatic carbocycles. The van der Waals surface area contributed by atoms with Gasteiger partial charge < -0.3 is 25.6 Å². The Bertz CT molecular complexity index is 1140. The molecule has 1 aromatic heterocycles. The molecule has 9 nitrogen and oxygen atoms in total. The fourth-order valence-corrected chi connectivity index (χ4v) is 3.32. The second-order valence-corrected chi connectivity index (χ2v) is 7.23. The molecule has 32 heavy (non-hydrogen) atoms. The molecule has 0 saturated carbocycles. The van der Waals surface area contributed by atoms with Gasteiger partial charge in [-0.2, -0.15) is 5.26 Å². The van der Waals surface area contributed by atoms with Crippen LogP contribution in [-0.4, -0.2) is 42.3 Å². The van der Waals surface area contributed by atoms with Crippen molar-refractivity contribution in [3.8, 4) is 6.07 Å². The van der Waals surface area contributed by atoms with Gasteiger partial charge in [0.15, 0.2) is 0 Å². The number of benzene rings is 2. The summed E-state index contributed by atoms with van der Waals surface area (Å²) < 4.78 is 5.41. The summed E-state index contributed by atoms with van der Waals surface area (Å²) in [4.78, 5) is 23.4. The zero-order valence-electron chi connectivity index (χ0n) is 17.6. The fraction of sp³-hybridized carbons (Fsp3) is 0.217. The number of amides is 2. The Morgan fingerprint density at radius 3 is 2.47 bits per heavy atom. The second kappa shape index (κ2) is 9.76. The Morgan fingerprint density at radius 2 is 1.72 bits per heavy atom. The molecule has 3 aromatic rings. The van der Waals surface area contributed by atoms with Gasteiger partial charge in [-0.1, -0.05) is 6.07 Å². The first-order valence-electron chi connectivity index (χ1n) is 10.2. The highest BCUT2D eigenvalue weighted by molar-refractivity contribution is 5.99. The number of anilines is 5. The number of aryl methyl sites for hydroxylation is 1. The van der Waals surface area contributed by atoms with Crippen molar-refractivity contribution in [1.29, 1.82) is 5.26 Å². The van der Waals surface area contributed by atoms with Gasteiger partial charge in [-0.25, -0.2) is 14.8 Å². The van der Waals surface area contributed by atoms with Crippen molar-refractivity contribution in [2.75, 3.05) is 47.2 Å². The zero-order chi connectivity index (χ0) is 22.3. The number of morpholine rings is 1. The molecule has 9 heteroatoms. The topological polar surface area (TPSA) is 115 Å². The van der Waals surface area contributed by atoms with Crippen LogP contribution in [-0.2, 0) is 4.74 Å². The van der Waals surface area contributed by atoms with E-state index >= 15 is 0 Å². The summed E-state index contributed by atoms with van der Waals surface area (Å²) in [7, 11) is 0. The predicted molar refractivity (Wildman–Crippen MR) is 123 cm³/mol. The van der Waals surface area contributed by atoms with Gasteiger partial charge in [0, 0.05) is 36.2 Å². The highest BCUT2D eigenvalue weighted by atomic mass is 16.5. The van der Waals surface area contributed by atoms with Crippen molar-refractivity contribution >= 4 is 34.7 Å². The summed E-state index contributed by atoms with van der Waals surface area (Å²) in [6, 6.07) is 17.6. The SMILES string of the molecule is Cc1nc(Nc2ccc(NC(=O)Nc3cccc(C#N)c3)cc2)cc(N2CCOCC2)n1. The molecule has 1 aliphatic rings. The minimum Gasteiger partial charge on any atom is -0.378 e. The first-order valence-corrected chi connectivity index (χ1v) is 10.2. The number of rotatable bonds is 5. The largest absolute Gasteiger partial charge is 0.378 e. The smallest absolute Gasteiger partial charge is 0.323 e. The molecule has 2 amide bonds. The number of hydrogen-bond donors (Lipinski definition) is 3. The van der Waals surface area contributed by atoms with Gasteiger partial charge >= 0.3 is 6.03 Å². The number of carbonyl (C=O) groups excluding carboxylic acids is 1. The molecule has 2 heterocycles. The molecule has 2 aromatic carbocycles. The third-order valence-corrected chi connectivity index (χ3v) is 4.82. The van der Waals surface area contributed by atoms with Crippen LogP contribution in [0.3, 0.4) is 0 Å². The van der Waals surface area contributed by atoms with Crippen molar-refractivity contribution in [3.05, 3.63) is 66.0 Å². The van der Waals surface area contributed by atoms with E-state index in [0.29, 0.717) is 41.8 Å². The maximum absolute atomic E-state index is 12.2. The molecular weight excluding hydrogens is 406 g/mol. The predicted octanol–water partition coefficient (Wildman–Crippen LogP) is 3.88. The standard InChI is InChI=1S/C23H23N7O2/c1-16-25-21(14-22(26-16)30-9-11-32-12-10-30)27-18-5-7-19(8-6-18)28-23(31)29-20-4-2-3-17(13-20)15-24/h2-8,13-14H,9-12H2,1H3,(H,25,26,27)(H2,28,29,31). The van der Waals surface area contributed by atoms with E-state index in [1.807, 2.05) is 31.2 Å². The van der Waals surface area contributed by atoms with Crippen LogP contribution in [0.15, 0.2) is 54.6 Å². The van der Waals surface area contributed by atoms with Crippen LogP contribution in [0.5, 0.6) is 0 Å². The number of ether oxygens (including phenoxy) is 1. The minimum absolute atomic E-state index is 0.387. The molecule has 1 aliphatic heterocycles. The van der Waals surface area contributed by atoms with Crippen LogP contribution < -0.4 is 20.9 Å². The number of nitrogens with zero attached hydrogens (tertiary/aromatic N) is 4. The molecule has 4 rings (SSSR count). The summed E-state index contributed by atoms with van der Waals surface area (Å²) in [5, 5.41) is 17.7. The summed E-state index contributed by atoms with van der Waals surface area (Å²) in [5.74, 6) is 2.26. The molecule has 0 bridgehead atoms. The van der Waals surface area contributed by atoms with E-state index in [4.69, 9.17) is 10.00 Å². The van der Waals surface area contributed by atoms with E-state index in [1.165, 1.54) is 0 Å². The first-order chi connectivity index (χ1) is 15.6. The molecule has 0 radical (unpaired) electrons. The summed E-state index contributed by atoms with van der Waals surface area (Å²) in [6.07, 6.45) is 0. The number of carbonyl (C=O) groups is 1. The summed E-state index contributed by atoms with van der Waals surface area (Å²) in [6.45, 7) is 4.86. The number of nitrogens with one attached hydrogen (secondary N) is 3. The zero-order valence-corrected chi connectivity index (χ0v) is 17.6. The second-order valence-electron chi connectivity index (χ2n) is 7.23. The lowest BCUT2D eigenvalue weighted by Gasteiger charge is -2.28. The van der Waals surface area contributed by atoms with Crippen LogP contribution in [0.2, 0.25) is 0 Å². The van der Waals surface area contributed by atoms with Crippen LogP contribution in [0.25, 0.3) is 0 Å². The monoisotopic (exact) mass is 429 g/mol. The Morgan fingerprint density at radius 1 is 1.00 bits per heavy atom. The molecule has 0 atom stereocenters. The minimum atomic E-state index is -0.387. The van der Waals surface area contributed by atoms with E-state index in [9.17, 15) is 4.79 Å². The van der Waals surface area contributed by atoms with E-state index in [-0.39, 0.29) is 6.03 Å². The highest BCUT2D eigenvalue weighted by Crippen LogP contribution is 2.22. The normalized spacial score (nSPS) is 13.2. The molecule has 3 N–H and O–H groups in total. The van der Waals surface area contributed by atoms with Gasteiger partial charge in [0.05, 0.1) is 24.8 Å². The van der Waals surface area contributed by atoms with Gasteiger partial charge in [-0.15, -0.1) is 0 Å². The van der Waals surface area contributed by atoms with Crippen molar-refractivity contribution in [2.45, 2.75) is 6.92 Å².